The first-order valence-electron chi connectivity index (χ1n) is 5.86. The molecule has 0 aromatic carbocycles. The molecule has 0 amide bonds. The smallest absolute Gasteiger partial charge is 0.0196 e. The molecule has 84 valence electrons. The van der Waals surface area contributed by atoms with Gasteiger partial charge in [-0.05, 0) is 40.3 Å². The van der Waals surface area contributed by atoms with Crippen molar-refractivity contribution in [2.24, 2.45) is 0 Å². The molecule has 0 aromatic heterocycles. The second kappa shape index (κ2) is 6.38. The van der Waals surface area contributed by atoms with E-state index in [2.05, 4.69) is 29.4 Å². The summed E-state index contributed by atoms with van der Waals surface area (Å²) in [6.45, 7) is 9.24. The van der Waals surface area contributed by atoms with E-state index in [-0.39, 0.29) is 0 Å². The summed E-state index contributed by atoms with van der Waals surface area (Å²) in [5, 5.41) is 6.77. The van der Waals surface area contributed by atoms with Crippen LogP contribution in [0.5, 0.6) is 0 Å². The Labute approximate surface area is 88.2 Å². The Morgan fingerprint density at radius 1 is 1.36 bits per heavy atom. The Hall–Kier alpha value is -0.120. The summed E-state index contributed by atoms with van der Waals surface area (Å²) < 4.78 is 0. The van der Waals surface area contributed by atoms with Crippen molar-refractivity contribution in [3.05, 3.63) is 0 Å². The van der Waals surface area contributed by atoms with Crippen LogP contribution in [0.25, 0.3) is 0 Å². The minimum absolute atomic E-state index is 0.698. The molecule has 3 nitrogen and oxygen atoms in total. The standard InChI is InChI=1S/C11H25N3/c1-10(2)14-8-4-5-11(9-14)13-7-6-12-3/h10-13H,4-9H2,1-3H3. The van der Waals surface area contributed by atoms with Crippen LogP contribution in [0, 0.1) is 0 Å². The highest BCUT2D eigenvalue weighted by Crippen LogP contribution is 2.12. The molecule has 1 unspecified atom stereocenters. The number of likely N-dealkylation sites (tertiary alicyclic amines) is 1. The van der Waals surface area contributed by atoms with Gasteiger partial charge in [0, 0.05) is 31.7 Å². The van der Waals surface area contributed by atoms with Crippen LogP contribution in [-0.2, 0) is 0 Å². The number of hydrogen-bond acceptors (Lipinski definition) is 3. The summed E-state index contributed by atoms with van der Waals surface area (Å²) in [6, 6.07) is 1.41. The number of likely N-dealkylation sites (N-methyl/N-ethyl adjacent to an activating group) is 1. The molecule has 1 rings (SSSR count). The second-order valence-corrected chi connectivity index (χ2v) is 4.49. The van der Waals surface area contributed by atoms with Gasteiger partial charge in [0.1, 0.15) is 0 Å². The van der Waals surface area contributed by atoms with Gasteiger partial charge in [0.25, 0.3) is 0 Å². The van der Waals surface area contributed by atoms with E-state index in [1.807, 2.05) is 7.05 Å². The monoisotopic (exact) mass is 199 g/mol. The van der Waals surface area contributed by atoms with Gasteiger partial charge < -0.3 is 10.6 Å². The molecule has 1 fully saturated rings. The van der Waals surface area contributed by atoms with Gasteiger partial charge in [-0.3, -0.25) is 4.90 Å². The minimum Gasteiger partial charge on any atom is -0.318 e. The van der Waals surface area contributed by atoms with Crippen LogP contribution >= 0.6 is 0 Å². The van der Waals surface area contributed by atoms with Crippen molar-refractivity contribution in [3.8, 4) is 0 Å². The lowest BCUT2D eigenvalue weighted by Gasteiger charge is -2.35. The lowest BCUT2D eigenvalue weighted by molar-refractivity contribution is 0.155. The average Bonchev–Trinajstić information content (AvgIpc) is 2.19. The van der Waals surface area contributed by atoms with Crippen LogP contribution in [0.1, 0.15) is 26.7 Å². The maximum Gasteiger partial charge on any atom is 0.0196 e. The van der Waals surface area contributed by atoms with E-state index in [4.69, 9.17) is 0 Å². The molecule has 1 aliphatic rings. The van der Waals surface area contributed by atoms with Gasteiger partial charge in [-0.2, -0.15) is 0 Å². The fraction of sp³-hybridized carbons (Fsp3) is 1.00. The first kappa shape index (κ1) is 12.0. The highest BCUT2D eigenvalue weighted by atomic mass is 15.2. The molecule has 2 N–H and O–H groups in total. The summed E-state index contributed by atoms with van der Waals surface area (Å²) in [4.78, 5) is 2.57. The molecule has 0 radical (unpaired) electrons. The van der Waals surface area contributed by atoms with Gasteiger partial charge >= 0.3 is 0 Å². The Morgan fingerprint density at radius 2 is 2.14 bits per heavy atom. The predicted molar refractivity (Wildman–Crippen MR) is 61.7 cm³/mol. The third kappa shape index (κ3) is 3.95. The second-order valence-electron chi connectivity index (χ2n) is 4.49. The fourth-order valence-electron chi connectivity index (χ4n) is 2.04. The third-order valence-corrected chi connectivity index (χ3v) is 2.99. The zero-order valence-corrected chi connectivity index (χ0v) is 9.84. The van der Waals surface area contributed by atoms with Crippen molar-refractivity contribution in [1.29, 1.82) is 0 Å². The van der Waals surface area contributed by atoms with Crippen LogP contribution in [0.15, 0.2) is 0 Å². The highest BCUT2D eigenvalue weighted by Gasteiger charge is 2.20. The molecule has 14 heavy (non-hydrogen) atoms. The Morgan fingerprint density at radius 3 is 2.79 bits per heavy atom. The van der Waals surface area contributed by atoms with Gasteiger partial charge in [0.15, 0.2) is 0 Å². The maximum atomic E-state index is 3.60. The Kier molecular flexibility index (Phi) is 5.45. The van der Waals surface area contributed by atoms with Gasteiger partial charge in [-0.15, -0.1) is 0 Å². The van der Waals surface area contributed by atoms with E-state index in [1.165, 1.54) is 25.9 Å². The van der Waals surface area contributed by atoms with Crippen molar-refractivity contribution in [3.63, 3.8) is 0 Å². The van der Waals surface area contributed by atoms with E-state index in [0.717, 1.165) is 13.1 Å². The van der Waals surface area contributed by atoms with Crippen LogP contribution < -0.4 is 10.6 Å². The van der Waals surface area contributed by atoms with E-state index >= 15 is 0 Å². The topological polar surface area (TPSA) is 27.3 Å². The van der Waals surface area contributed by atoms with Gasteiger partial charge in [0.05, 0.1) is 0 Å². The van der Waals surface area contributed by atoms with Crippen molar-refractivity contribution < 1.29 is 0 Å². The molecule has 1 atom stereocenters. The average molecular weight is 199 g/mol. The molecular formula is C11H25N3. The molecule has 1 heterocycles. The van der Waals surface area contributed by atoms with E-state index in [1.54, 1.807) is 0 Å². The lowest BCUT2D eigenvalue weighted by atomic mass is 10.0. The fourth-order valence-corrected chi connectivity index (χ4v) is 2.04. The zero-order chi connectivity index (χ0) is 10.4. The third-order valence-electron chi connectivity index (χ3n) is 2.99. The molecule has 0 aromatic rings. The van der Waals surface area contributed by atoms with Gasteiger partial charge in [-0.25, -0.2) is 0 Å². The zero-order valence-electron chi connectivity index (χ0n) is 9.84. The number of rotatable bonds is 5. The van der Waals surface area contributed by atoms with Crippen LogP contribution in [0.3, 0.4) is 0 Å². The van der Waals surface area contributed by atoms with E-state index in [0.29, 0.717) is 12.1 Å². The maximum absolute atomic E-state index is 3.60. The number of nitrogens with zero attached hydrogens (tertiary/aromatic N) is 1. The summed E-state index contributed by atoms with van der Waals surface area (Å²) in [5.74, 6) is 0. The van der Waals surface area contributed by atoms with Crippen LogP contribution in [0.2, 0.25) is 0 Å². The molecule has 0 spiro atoms. The first-order chi connectivity index (χ1) is 6.74. The molecule has 0 saturated carbocycles. The first-order valence-corrected chi connectivity index (χ1v) is 5.86. The molecule has 3 heteroatoms. The van der Waals surface area contributed by atoms with Crippen LogP contribution in [0.4, 0.5) is 0 Å². The summed E-state index contributed by atoms with van der Waals surface area (Å²) >= 11 is 0. The summed E-state index contributed by atoms with van der Waals surface area (Å²) in [5.41, 5.74) is 0. The SMILES string of the molecule is CNCCNC1CCCN(C(C)C)C1. The Bertz CT molecular complexity index is 147. The summed E-state index contributed by atoms with van der Waals surface area (Å²) in [7, 11) is 2.00. The van der Waals surface area contributed by atoms with Gasteiger partial charge in [0.2, 0.25) is 0 Å². The van der Waals surface area contributed by atoms with Crippen molar-refractivity contribution in [1.82, 2.24) is 15.5 Å². The lowest BCUT2D eigenvalue weighted by Crippen LogP contribution is -2.49. The quantitative estimate of drug-likeness (QED) is 0.637. The van der Waals surface area contributed by atoms with Gasteiger partial charge in [-0.1, -0.05) is 0 Å². The highest BCUT2D eigenvalue weighted by molar-refractivity contribution is 4.79. The normalized spacial score (nSPS) is 24.4. The number of piperidine rings is 1. The van der Waals surface area contributed by atoms with Crippen LogP contribution in [-0.4, -0.2) is 50.2 Å². The number of hydrogen-bond donors (Lipinski definition) is 2. The van der Waals surface area contributed by atoms with E-state index in [9.17, 15) is 0 Å². The molecule has 0 bridgehead atoms. The van der Waals surface area contributed by atoms with Crippen molar-refractivity contribution in [2.45, 2.75) is 38.8 Å². The molecule has 0 aliphatic carbocycles. The Balaban J connectivity index is 2.19. The molecule has 1 saturated heterocycles. The predicted octanol–water partition coefficient (Wildman–Crippen LogP) is 0.668. The van der Waals surface area contributed by atoms with Crippen molar-refractivity contribution in [2.75, 3.05) is 33.2 Å². The molecular weight excluding hydrogens is 174 g/mol. The summed E-state index contributed by atoms with van der Waals surface area (Å²) in [6.07, 6.45) is 2.68. The van der Waals surface area contributed by atoms with Crippen molar-refractivity contribution >= 4 is 0 Å². The van der Waals surface area contributed by atoms with E-state index < -0.39 is 0 Å². The molecule has 1 aliphatic heterocycles. The largest absolute Gasteiger partial charge is 0.318 e. The number of nitrogens with one attached hydrogen (secondary N) is 2. The minimum atomic E-state index is 0.698.